The third-order valence-corrected chi connectivity index (χ3v) is 6.28. The van der Waals surface area contributed by atoms with Gasteiger partial charge in [0.2, 0.25) is 5.91 Å². The third-order valence-electron chi connectivity index (χ3n) is 5.13. The zero-order valence-electron chi connectivity index (χ0n) is 16.1. The molecule has 3 aromatic rings. The standard InChI is InChI=1S/C22H26N4OS/c1-16(22-24-17-9-3-4-10-18(17)25-22)28-15-21(27)23-19-11-5-6-12-20(19)26-13-7-2-8-14-26/h3-6,9-12,16H,2,7-8,13-15H2,1H3,(H,23,27)(H,24,25). The Balaban J connectivity index is 1.37. The van der Waals surface area contributed by atoms with Crippen LogP contribution in [0.5, 0.6) is 0 Å². The molecule has 0 saturated carbocycles. The van der Waals surface area contributed by atoms with Crippen LogP contribution in [-0.2, 0) is 4.79 Å². The lowest BCUT2D eigenvalue weighted by molar-refractivity contribution is -0.113. The van der Waals surface area contributed by atoms with Gasteiger partial charge >= 0.3 is 0 Å². The monoisotopic (exact) mass is 394 g/mol. The first-order valence-electron chi connectivity index (χ1n) is 9.91. The minimum Gasteiger partial charge on any atom is -0.370 e. The topological polar surface area (TPSA) is 61.0 Å². The van der Waals surface area contributed by atoms with Gasteiger partial charge in [-0.25, -0.2) is 4.98 Å². The number of carbonyl (C=O) groups is 1. The Morgan fingerprint density at radius 1 is 1.14 bits per heavy atom. The van der Waals surface area contributed by atoms with Crippen LogP contribution in [-0.4, -0.2) is 34.7 Å². The summed E-state index contributed by atoms with van der Waals surface area (Å²) in [5.74, 6) is 1.33. The number of imidazole rings is 1. The molecule has 4 rings (SSSR count). The van der Waals surface area contributed by atoms with Crippen molar-refractivity contribution >= 4 is 40.1 Å². The average molecular weight is 395 g/mol. The lowest BCUT2D eigenvalue weighted by atomic mass is 10.1. The zero-order chi connectivity index (χ0) is 19.3. The molecule has 146 valence electrons. The highest BCUT2D eigenvalue weighted by Crippen LogP contribution is 2.30. The second-order valence-corrected chi connectivity index (χ2v) is 8.53. The molecule has 1 aliphatic heterocycles. The van der Waals surface area contributed by atoms with Gasteiger partial charge < -0.3 is 15.2 Å². The van der Waals surface area contributed by atoms with Gasteiger partial charge in [0.1, 0.15) is 5.82 Å². The molecule has 0 aliphatic carbocycles. The van der Waals surface area contributed by atoms with Crippen LogP contribution in [0.4, 0.5) is 11.4 Å². The number of thioether (sulfide) groups is 1. The third kappa shape index (κ3) is 4.33. The number of aromatic amines is 1. The molecule has 2 heterocycles. The van der Waals surface area contributed by atoms with Crippen LogP contribution in [0.1, 0.15) is 37.3 Å². The predicted molar refractivity (Wildman–Crippen MR) is 118 cm³/mol. The number of fused-ring (bicyclic) bond motifs is 1. The summed E-state index contributed by atoms with van der Waals surface area (Å²) in [7, 11) is 0. The fraction of sp³-hybridized carbons (Fsp3) is 0.364. The number of H-pyrrole nitrogens is 1. The number of benzene rings is 2. The van der Waals surface area contributed by atoms with Crippen molar-refractivity contribution in [1.29, 1.82) is 0 Å². The molecule has 1 unspecified atom stereocenters. The Labute approximate surface area is 169 Å². The molecule has 28 heavy (non-hydrogen) atoms. The van der Waals surface area contributed by atoms with E-state index in [0.29, 0.717) is 5.75 Å². The zero-order valence-corrected chi connectivity index (χ0v) is 17.0. The fourth-order valence-electron chi connectivity index (χ4n) is 3.62. The Bertz CT molecular complexity index is 915. The maximum Gasteiger partial charge on any atom is 0.234 e. The van der Waals surface area contributed by atoms with Gasteiger partial charge in [0.05, 0.1) is 33.4 Å². The number of rotatable bonds is 6. The van der Waals surface area contributed by atoms with Crippen LogP contribution in [0.25, 0.3) is 11.0 Å². The van der Waals surface area contributed by atoms with Gasteiger partial charge in [0.15, 0.2) is 0 Å². The van der Waals surface area contributed by atoms with E-state index in [1.807, 2.05) is 42.5 Å². The van der Waals surface area contributed by atoms with E-state index in [4.69, 9.17) is 0 Å². The molecule has 2 N–H and O–H groups in total. The lowest BCUT2D eigenvalue weighted by Crippen LogP contribution is -2.30. The summed E-state index contributed by atoms with van der Waals surface area (Å²) in [6.45, 7) is 4.20. The predicted octanol–water partition coefficient (Wildman–Crippen LogP) is 4.99. The highest BCUT2D eigenvalue weighted by molar-refractivity contribution is 8.00. The number of hydrogen-bond acceptors (Lipinski definition) is 4. The molecule has 0 spiro atoms. The van der Waals surface area contributed by atoms with E-state index < -0.39 is 0 Å². The van der Waals surface area contributed by atoms with Crippen molar-refractivity contribution in [3.05, 3.63) is 54.4 Å². The smallest absolute Gasteiger partial charge is 0.234 e. The van der Waals surface area contributed by atoms with Gasteiger partial charge in [0, 0.05) is 13.1 Å². The highest BCUT2D eigenvalue weighted by Gasteiger charge is 2.17. The Hall–Kier alpha value is -2.47. The maximum atomic E-state index is 12.6. The van der Waals surface area contributed by atoms with E-state index >= 15 is 0 Å². The largest absolute Gasteiger partial charge is 0.370 e. The molecular formula is C22H26N4OS. The Kier molecular flexibility index (Phi) is 5.86. The average Bonchev–Trinajstić information content (AvgIpc) is 3.17. The van der Waals surface area contributed by atoms with Gasteiger partial charge in [-0.1, -0.05) is 24.3 Å². The van der Waals surface area contributed by atoms with E-state index in [1.54, 1.807) is 11.8 Å². The van der Waals surface area contributed by atoms with E-state index in [9.17, 15) is 4.79 Å². The molecule has 0 bridgehead atoms. The molecule has 1 amide bonds. The number of para-hydroxylation sites is 4. The molecule has 5 nitrogen and oxygen atoms in total. The molecule has 6 heteroatoms. The molecule has 1 aromatic heterocycles. The summed E-state index contributed by atoms with van der Waals surface area (Å²) >= 11 is 1.59. The van der Waals surface area contributed by atoms with Crippen LogP contribution in [0.15, 0.2) is 48.5 Å². The van der Waals surface area contributed by atoms with Crippen molar-refractivity contribution in [3.8, 4) is 0 Å². The number of hydrogen-bond donors (Lipinski definition) is 2. The van der Waals surface area contributed by atoms with Gasteiger partial charge in [-0.15, -0.1) is 11.8 Å². The van der Waals surface area contributed by atoms with Gasteiger partial charge in [-0.3, -0.25) is 4.79 Å². The quantitative estimate of drug-likeness (QED) is 0.619. The normalized spacial score (nSPS) is 15.5. The first kappa shape index (κ1) is 18.9. The number of anilines is 2. The number of nitrogens with zero attached hydrogens (tertiary/aromatic N) is 2. The van der Waals surface area contributed by atoms with Gasteiger partial charge in [0.25, 0.3) is 0 Å². The van der Waals surface area contributed by atoms with Gasteiger partial charge in [-0.2, -0.15) is 0 Å². The molecule has 0 radical (unpaired) electrons. The van der Waals surface area contributed by atoms with Crippen molar-refractivity contribution in [2.45, 2.75) is 31.4 Å². The number of nitrogens with one attached hydrogen (secondary N) is 2. The summed E-state index contributed by atoms with van der Waals surface area (Å²) < 4.78 is 0. The number of aromatic nitrogens is 2. The maximum absolute atomic E-state index is 12.6. The summed E-state index contributed by atoms with van der Waals surface area (Å²) in [4.78, 5) is 22.9. The van der Waals surface area contributed by atoms with Crippen LogP contribution in [0.3, 0.4) is 0 Å². The first-order chi connectivity index (χ1) is 13.7. The minimum absolute atomic E-state index is 0.0254. The van der Waals surface area contributed by atoms with E-state index in [0.717, 1.165) is 41.3 Å². The number of piperidine rings is 1. The second kappa shape index (κ2) is 8.69. The molecule has 1 aliphatic rings. The van der Waals surface area contributed by atoms with Crippen LogP contribution >= 0.6 is 11.8 Å². The van der Waals surface area contributed by atoms with Crippen LogP contribution in [0.2, 0.25) is 0 Å². The van der Waals surface area contributed by atoms with Crippen molar-refractivity contribution in [2.24, 2.45) is 0 Å². The van der Waals surface area contributed by atoms with Crippen LogP contribution in [0, 0.1) is 0 Å². The van der Waals surface area contributed by atoms with Crippen molar-refractivity contribution in [3.63, 3.8) is 0 Å². The summed E-state index contributed by atoms with van der Waals surface area (Å²) in [6.07, 6.45) is 3.72. The molecule has 1 atom stereocenters. The van der Waals surface area contributed by atoms with Crippen molar-refractivity contribution < 1.29 is 4.79 Å². The molecular weight excluding hydrogens is 368 g/mol. The van der Waals surface area contributed by atoms with E-state index in [1.165, 1.54) is 19.3 Å². The van der Waals surface area contributed by atoms with Crippen molar-refractivity contribution in [1.82, 2.24) is 9.97 Å². The summed E-state index contributed by atoms with van der Waals surface area (Å²) in [6, 6.07) is 16.1. The van der Waals surface area contributed by atoms with E-state index in [2.05, 4.69) is 33.2 Å². The van der Waals surface area contributed by atoms with E-state index in [-0.39, 0.29) is 11.2 Å². The lowest BCUT2D eigenvalue weighted by Gasteiger charge is -2.30. The Morgan fingerprint density at radius 2 is 1.89 bits per heavy atom. The number of amides is 1. The molecule has 2 aromatic carbocycles. The van der Waals surface area contributed by atoms with Gasteiger partial charge in [-0.05, 0) is 50.5 Å². The molecule has 1 fully saturated rings. The van der Waals surface area contributed by atoms with Crippen LogP contribution < -0.4 is 10.2 Å². The van der Waals surface area contributed by atoms with Crippen molar-refractivity contribution in [2.75, 3.05) is 29.1 Å². The highest BCUT2D eigenvalue weighted by atomic mass is 32.2. The SMILES string of the molecule is CC(SCC(=O)Nc1ccccc1N1CCCCC1)c1nc2ccccc2[nH]1. The first-order valence-corrected chi connectivity index (χ1v) is 11.0. The minimum atomic E-state index is 0.0254. The Morgan fingerprint density at radius 3 is 2.71 bits per heavy atom. The fourth-order valence-corrected chi connectivity index (χ4v) is 4.36. The molecule has 1 saturated heterocycles. The number of carbonyl (C=O) groups excluding carboxylic acids is 1. The summed E-state index contributed by atoms with van der Waals surface area (Å²) in [5.41, 5.74) is 4.03. The summed E-state index contributed by atoms with van der Waals surface area (Å²) in [5, 5.41) is 3.23. The second-order valence-electron chi connectivity index (χ2n) is 7.21.